The number of nitrogens with zero attached hydrogens (tertiary/aromatic N) is 4. The topological polar surface area (TPSA) is 68.6 Å². The fourth-order valence-corrected chi connectivity index (χ4v) is 3.35. The average molecular weight is 335 g/mol. The highest BCUT2D eigenvalue weighted by atomic mass is 16.5. The number of pyridine rings is 2. The molecule has 0 spiro atoms. The van der Waals surface area contributed by atoms with E-state index in [1.54, 1.807) is 0 Å². The molecular formula is C19H21N5O. The fraction of sp³-hybridized carbons (Fsp3) is 0.316. The number of rotatable bonds is 4. The molecule has 6 nitrogen and oxygen atoms in total. The van der Waals surface area contributed by atoms with Gasteiger partial charge < -0.3 is 14.3 Å². The van der Waals surface area contributed by atoms with Gasteiger partial charge in [-0.3, -0.25) is 4.98 Å². The van der Waals surface area contributed by atoms with Crippen molar-refractivity contribution in [2.45, 2.75) is 33.7 Å². The Morgan fingerprint density at radius 3 is 2.84 bits per heavy atom. The van der Waals surface area contributed by atoms with E-state index >= 15 is 0 Å². The molecule has 0 unspecified atom stereocenters. The largest absolute Gasteiger partial charge is 0.478 e. The molecule has 0 atom stereocenters. The van der Waals surface area contributed by atoms with E-state index in [1.165, 1.54) is 0 Å². The van der Waals surface area contributed by atoms with E-state index in [2.05, 4.69) is 44.4 Å². The third-order valence-electron chi connectivity index (χ3n) is 4.35. The molecule has 0 saturated heterocycles. The molecule has 4 aromatic heterocycles. The third kappa shape index (κ3) is 2.54. The maximum absolute atomic E-state index is 5.47. The van der Waals surface area contributed by atoms with Gasteiger partial charge in [-0.2, -0.15) is 4.98 Å². The number of hydrogen-bond acceptors (Lipinski definition) is 4. The summed E-state index contributed by atoms with van der Waals surface area (Å²) in [4.78, 5) is 17.0. The van der Waals surface area contributed by atoms with Gasteiger partial charge in [-0.25, -0.2) is 4.98 Å². The van der Waals surface area contributed by atoms with Gasteiger partial charge in [0.2, 0.25) is 5.88 Å². The summed E-state index contributed by atoms with van der Waals surface area (Å²) in [5, 5.41) is 1.03. The molecule has 25 heavy (non-hydrogen) atoms. The highest BCUT2D eigenvalue weighted by Crippen LogP contribution is 2.30. The van der Waals surface area contributed by atoms with E-state index in [0.29, 0.717) is 18.5 Å². The van der Waals surface area contributed by atoms with Crippen molar-refractivity contribution in [2.75, 3.05) is 6.61 Å². The van der Waals surface area contributed by atoms with Crippen LogP contribution in [0.15, 0.2) is 30.6 Å². The van der Waals surface area contributed by atoms with Crippen molar-refractivity contribution in [3.05, 3.63) is 36.4 Å². The molecule has 128 valence electrons. The maximum Gasteiger partial charge on any atom is 0.215 e. The number of imidazole rings is 1. The average Bonchev–Trinajstić information content (AvgIpc) is 3.13. The summed E-state index contributed by atoms with van der Waals surface area (Å²) in [6.45, 7) is 8.91. The lowest BCUT2D eigenvalue weighted by molar-refractivity contribution is 0.328. The lowest BCUT2D eigenvalue weighted by Crippen LogP contribution is -2.02. The van der Waals surface area contributed by atoms with Crippen molar-refractivity contribution in [2.24, 2.45) is 0 Å². The lowest BCUT2D eigenvalue weighted by Gasteiger charge is -2.11. The van der Waals surface area contributed by atoms with Gasteiger partial charge in [0.05, 0.1) is 24.0 Å². The van der Waals surface area contributed by atoms with Crippen LogP contribution in [-0.4, -0.2) is 31.1 Å². The minimum atomic E-state index is 0.346. The highest BCUT2D eigenvalue weighted by molar-refractivity contribution is 5.94. The van der Waals surface area contributed by atoms with Gasteiger partial charge in [0.25, 0.3) is 0 Å². The maximum atomic E-state index is 5.47. The summed E-state index contributed by atoms with van der Waals surface area (Å²) in [6, 6.07) is 6.37. The van der Waals surface area contributed by atoms with Crippen molar-refractivity contribution in [3.8, 4) is 17.1 Å². The number of aromatic nitrogens is 5. The fourth-order valence-electron chi connectivity index (χ4n) is 3.35. The van der Waals surface area contributed by atoms with E-state index in [0.717, 1.165) is 39.1 Å². The second-order valence-electron chi connectivity index (χ2n) is 6.36. The van der Waals surface area contributed by atoms with E-state index < -0.39 is 0 Å². The molecule has 4 heterocycles. The van der Waals surface area contributed by atoms with Crippen molar-refractivity contribution < 1.29 is 4.74 Å². The van der Waals surface area contributed by atoms with Gasteiger partial charge in [-0.1, -0.05) is 0 Å². The van der Waals surface area contributed by atoms with Crippen molar-refractivity contribution >= 4 is 22.1 Å². The van der Waals surface area contributed by atoms with Crippen LogP contribution in [0.1, 0.15) is 32.6 Å². The van der Waals surface area contributed by atoms with Crippen LogP contribution in [0.3, 0.4) is 0 Å². The van der Waals surface area contributed by atoms with E-state index in [4.69, 9.17) is 4.74 Å². The molecule has 0 bridgehead atoms. The Morgan fingerprint density at radius 2 is 2.08 bits per heavy atom. The van der Waals surface area contributed by atoms with Gasteiger partial charge in [0.1, 0.15) is 17.0 Å². The number of hydrogen-bond donors (Lipinski definition) is 1. The zero-order valence-electron chi connectivity index (χ0n) is 14.9. The Hall–Kier alpha value is -2.89. The summed E-state index contributed by atoms with van der Waals surface area (Å²) in [5.41, 5.74) is 4.77. The normalized spacial score (nSPS) is 11.7. The van der Waals surface area contributed by atoms with Crippen LogP contribution >= 0.6 is 0 Å². The Morgan fingerprint density at radius 1 is 1.24 bits per heavy atom. The Kier molecular flexibility index (Phi) is 3.67. The Bertz CT molecular complexity index is 1060. The number of nitrogens with one attached hydrogen (secondary N) is 1. The molecule has 0 fully saturated rings. The SMILES string of the molecule is CCOc1ccc2c(-c3cc4c(cn3)nc(C)n4C(C)C)c[nH]c2n1. The van der Waals surface area contributed by atoms with Crippen LogP contribution in [0.4, 0.5) is 0 Å². The first-order chi connectivity index (χ1) is 12.1. The zero-order valence-corrected chi connectivity index (χ0v) is 14.9. The molecule has 0 radical (unpaired) electrons. The van der Waals surface area contributed by atoms with E-state index in [1.807, 2.05) is 38.4 Å². The van der Waals surface area contributed by atoms with Gasteiger partial charge in [-0.05, 0) is 39.8 Å². The van der Waals surface area contributed by atoms with Crippen molar-refractivity contribution in [1.29, 1.82) is 0 Å². The number of aromatic amines is 1. The molecule has 0 amide bonds. The van der Waals surface area contributed by atoms with Crippen LogP contribution in [0.5, 0.6) is 5.88 Å². The number of H-pyrrole nitrogens is 1. The standard InChI is InChI=1S/C19H21N5O/c1-5-25-18-7-6-13-14(9-21-19(13)23-18)15-8-17-16(10-20-15)22-12(4)24(17)11(2)3/h6-11H,5H2,1-4H3,(H,21,23). The van der Waals surface area contributed by atoms with E-state index in [9.17, 15) is 0 Å². The molecule has 0 saturated carbocycles. The molecule has 6 heteroatoms. The molecule has 0 aliphatic heterocycles. The van der Waals surface area contributed by atoms with Gasteiger partial charge in [0, 0.05) is 29.3 Å². The van der Waals surface area contributed by atoms with Crippen LogP contribution in [0.25, 0.3) is 33.3 Å². The zero-order chi connectivity index (χ0) is 17.6. The summed E-state index contributed by atoms with van der Waals surface area (Å²) in [6.07, 6.45) is 3.79. The van der Waals surface area contributed by atoms with Crippen LogP contribution in [-0.2, 0) is 0 Å². The minimum Gasteiger partial charge on any atom is -0.478 e. The molecular weight excluding hydrogens is 314 g/mol. The third-order valence-corrected chi connectivity index (χ3v) is 4.35. The molecule has 0 aliphatic carbocycles. The van der Waals surface area contributed by atoms with Crippen molar-refractivity contribution in [1.82, 2.24) is 24.5 Å². The van der Waals surface area contributed by atoms with Crippen LogP contribution < -0.4 is 4.74 Å². The minimum absolute atomic E-state index is 0.346. The first kappa shape index (κ1) is 15.6. The summed E-state index contributed by atoms with van der Waals surface area (Å²) >= 11 is 0. The summed E-state index contributed by atoms with van der Waals surface area (Å²) in [5.74, 6) is 1.63. The Labute approximate surface area is 145 Å². The van der Waals surface area contributed by atoms with Gasteiger partial charge >= 0.3 is 0 Å². The predicted octanol–water partition coefficient (Wildman–Crippen LogP) is 4.26. The van der Waals surface area contributed by atoms with Gasteiger partial charge in [-0.15, -0.1) is 0 Å². The monoisotopic (exact) mass is 335 g/mol. The van der Waals surface area contributed by atoms with Crippen molar-refractivity contribution in [3.63, 3.8) is 0 Å². The summed E-state index contributed by atoms with van der Waals surface area (Å²) in [7, 11) is 0. The second kappa shape index (κ2) is 5.88. The molecule has 0 aliphatic rings. The number of aryl methyl sites for hydroxylation is 1. The molecule has 4 rings (SSSR count). The highest BCUT2D eigenvalue weighted by Gasteiger charge is 2.14. The predicted molar refractivity (Wildman–Crippen MR) is 98.9 cm³/mol. The lowest BCUT2D eigenvalue weighted by atomic mass is 10.1. The number of fused-ring (bicyclic) bond motifs is 2. The molecule has 1 N–H and O–H groups in total. The first-order valence-corrected chi connectivity index (χ1v) is 8.54. The molecule has 0 aromatic carbocycles. The smallest absolute Gasteiger partial charge is 0.215 e. The first-order valence-electron chi connectivity index (χ1n) is 8.54. The summed E-state index contributed by atoms with van der Waals surface area (Å²) < 4.78 is 7.71. The van der Waals surface area contributed by atoms with Crippen LogP contribution in [0.2, 0.25) is 0 Å². The van der Waals surface area contributed by atoms with E-state index in [-0.39, 0.29) is 0 Å². The Balaban J connectivity index is 1.87. The van der Waals surface area contributed by atoms with Gasteiger partial charge in [0.15, 0.2) is 0 Å². The quantitative estimate of drug-likeness (QED) is 0.605. The second-order valence-corrected chi connectivity index (χ2v) is 6.36. The molecule has 4 aromatic rings. The number of ether oxygens (including phenoxy) is 1. The van der Waals surface area contributed by atoms with Crippen LogP contribution in [0, 0.1) is 6.92 Å².